The molecule has 0 aliphatic heterocycles. The van der Waals surface area contributed by atoms with Crippen molar-refractivity contribution in [2.24, 2.45) is 0 Å². The van der Waals surface area contributed by atoms with Crippen LogP contribution < -0.4 is 10.2 Å². The predicted molar refractivity (Wildman–Crippen MR) is 116 cm³/mol. The molecule has 0 atom stereocenters. The molecule has 0 saturated heterocycles. The fourth-order valence-electron chi connectivity index (χ4n) is 3.26. The first-order valence-corrected chi connectivity index (χ1v) is 9.47. The number of nitrogens with one attached hydrogen (secondary N) is 1. The van der Waals surface area contributed by atoms with E-state index in [0.717, 1.165) is 27.8 Å². The molecule has 0 saturated carbocycles. The van der Waals surface area contributed by atoms with E-state index in [1.165, 1.54) is 6.33 Å². The molecule has 0 aliphatic carbocycles. The van der Waals surface area contributed by atoms with Gasteiger partial charge in [0.05, 0.1) is 11.2 Å². The third kappa shape index (κ3) is 3.91. The lowest BCUT2D eigenvalue weighted by molar-refractivity contribution is 0.0983. The summed E-state index contributed by atoms with van der Waals surface area (Å²) in [6, 6.07) is 19.3. The van der Waals surface area contributed by atoms with E-state index in [4.69, 9.17) is 0 Å². The van der Waals surface area contributed by atoms with Crippen LogP contribution in [0.4, 0.5) is 17.2 Å². The van der Waals surface area contributed by atoms with Crippen LogP contribution in [0, 0.1) is 6.92 Å². The summed E-state index contributed by atoms with van der Waals surface area (Å²) in [5.74, 6) is 0.376. The number of benzene rings is 2. The number of pyridine rings is 1. The van der Waals surface area contributed by atoms with Gasteiger partial charge in [-0.25, -0.2) is 9.97 Å². The SMILES string of the molecule is CCN(C(=O)c1cc(Nc2cccc3cccnc23)ncn1)c1cccc(C)c1. The van der Waals surface area contributed by atoms with Crippen molar-refractivity contribution in [1.29, 1.82) is 0 Å². The quantitative estimate of drug-likeness (QED) is 0.539. The lowest BCUT2D eigenvalue weighted by Crippen LogP contribution is -2.31. The molecule has 2 aromatic heterocycles. The molecule has 0 fully saturated rings. The van der Waals surface area contributed by atoms with E-state index in [-0.39, 0.29) is 5.91 Å². The Morgan fingerprint density at radius 3 is 2.66 bits per heavy atom. The standard InChI is InChI=1S/C23H21N5O/c1-3-28(18-10-4-7-16(2)13-18)23(29)20-14-21(26-15-25-20)27-19-11-5-8-17-9-6-12-24-22(17)19/h4-15H,3H2,1-2H3,(H,25,26,27). The molecule has 29 heavy (non-hydrogen) atoms. The molecule has 6 heteroatoms. The number of carbonyl (C=O) groups excluding carboxylic acids is 1. The summed E-state index contributed by atoms with van der Waals surface area (Å²) in [7, 11) is 0. The Balaban J connectivity index is 1.63. The molecule has 4 aromatic rings. The van der Waals surface area contributed by atoms with Crippen LogP contribution in [0.2, 0.25) is 0 Å². The van der Waals surface area contributed by atoms with Gasteiger partial charge in [0, 0.05) is 29.9 Å². The largest absolute Gasteiger partial charge is 0.338 e. The van der Waals surface area contributed by atoms with Gasteiger partial charge in [0.25, 0.3) is 5.91 Å². The van der Waals surface area contributed by atoms with Crippen LogP contribution in [0.1, 0.15) is 23.0 Å². The van der Waals surface area contributed by atoms with Gasteiger partial charge in [-0.05, 0) is 43.7 Å². The summed E-state index contributed by atoms with van der Waals surface area (Å²) in [6.45, 7) is 4.50. The van der Waals surface area contributed by atoms with Crippen molar-refractivity contribution in [3.63, 3.8) is 0 Å². The number of fused-ring (bicyclic) bond motifs is 1. The number of anilines is 3. The average Bonchev–Trinajstić information content (AvgIpc) is 2.75. The summed E-state index contributed by atoms with van der Waals surface area (Å²) >= 11 is 0. The summed E-state index contributed by atoms with van der Waals surface area (Å²) in [4.78, 5) is 27.7. The van der Waals surface area contributed by atoms with Crippen molar-refractivity contribution >= 4 is 34.0 Å². The monoisotopic (exact) mass is 383 g/mol. The molecule has 0 unspecified atom stereocenters. The van der Waals surface area contributed by atoms with Crippen LogP contribution >= 0.6 is 0 Å². The van der Waals surface area contributed by atoms with Crippen molar-refractivity contribution < 1.29 is 4.79 Å². The molecule has 0 bridgehead atoms. The van der Waals surface area contributed by atoms with E-state index in [2.05, 4.69) is 20.3 Å². The highest BCUT2D eigenvalue weighted by Gasteiger charge is 2.18. The Labute approximate surface area is 169 Å². The molecular formula is C23H21N5O. The van der Waals surface area contributed by atoms with Crippen molar-refractivity contribution in [2.75, 3.05) is 16.8 Å². The molecule has 2 aromatic carbocycles. The molecule has 1 amide bonds. The second-order valence-electron chi connectivity index (χ2n) is 6.68. The number of hydrogen-bond donors (Lipinski definition) is 1. The van der Waals surface area contributed by atoms with Crippen molar-refractivity contribution in [3.8, 4) is 0 Å². The molecule has 1 N–H and O–H groups in total. The maximum atomic E-state index is 13.1. The second-order valence-corrected chi connectivity index (χ2v) is 6.68. The number of nitrogens with zero attached hydrogens (tertiary/aromatic N) is 4. The van der Waals surface area contributed by atoms with E-state index in [1.807, 2.05) is 68.4 Å². The maximum Gasteiger partial charge on any atom is 0.277 e. The lowest BCUT2D eigenvalue weighted by atomic mass is 10.2. The minimum absolute atomic E-state index is 0.167. The van der Waals surface area contributed by atoms with Gasteiger partial charge in [-0.3, -0.25) is 9.78 Å². The second kappa shape index (κ2) is 8.06. The highest BCUT2D eigenvalue weighted by Crippen LogP contribution is 2.24. The average molecular weight is 383 g/mol. The van der Waals surface area contributed by atoms with Crippen molar-refractivity contribution in [3.05, 3.63) is 84.4 Å². The minimum Gasteiger partial charge on any atom is -0.338 e. The fourth-order valence-corrected chi connectivity index (χ4v) is 3.26. The van der Waals surface area contributed by atoms with E-state index >= 15 is 0 Å². The van der Waals surface area contributed by atoms with Gasteiger partial charge in [0.2, 0.25) is 0 Å². The number of hydrogen-bond acceptors (Lipinski definition) is 5. The fraction of sp³-hybridized carbons (Fsp3) is 0.130. The molecule has 2 heterocycles. The van der Waals surface area contributed by atoms with Gasteiger partial charge in [-0.15, -0.1) is 0 Å². The molecule has 0 spiro atoms. The van der Waals surface area contributed by atoms with Crippen molar-refractivity contribution in [2.45, 2.75) is 13.8 Å². The molecule has 6 nitrogen and oxygen atoms in total. The summed E-state index contributed by atoms with van der Waals surface area (Å²) in [5.41, 5.74) is 3.95. The third-order valence-corrected chi connectivity index (χ3v) is 4.66. The van der Waals surface area contributed by atoms with E-state index in [9.17, 15) is 4.79 Å². The van der Waals surface area contributed by atoms with E-state index in [0.29, 0.717) is 18.1 Å². The van der Waals surface area contributed by atoms with Gasteiger partial charge in [0.15, 0.2) is 0 Å². The van der Waals surface area contributed by atoms with Crippen molar-refractivity contribution in [1.82, 2.24) is 15.0 Å². The first-order chi connectivity index (χ1) is 14.2. The van der Waals surface area contributed by atoms with Crippen LogP contribution in [0.3, 0.4) is 0 Å². The summed E-state index contributed by atoms with van der Waals surface area (Å²) < 4.78 is 0. The molecule has 4 rings (SSSR count). The van der Waals surface area contributed by atoms with Crippen LogP contribution in [0.25, 0.3) is 10.9 Å². The number of aromatic nitrogens is 3. The zero-order chi connectivity index (χ0) is 20.2. The number of rotatable bonds is 5. The first kappa shape index (κ1) is 18.6. The number of para-hydroxylation sites is 1. The number of aryl methyl sites for hydroxylation is 1. The van der Waals surface area contributed by atoms with Crippen LogP contribution in [0.5, 0.6) is 0 Å². The summed E-state index contributed by atoms with van der Waals surface area (Å²) in [6.07, 6.45) is 3.15. The zero-order valence-corrected chi connectivity index (χ0v) is 16.3. The van der Waals surface area contributed by atoms with Crippen LogP contribution in [-0.2, 0) is 0 Å². The van der Waals surface area contributed by atoms with E-state index in [1.54, 1.807) is 17.2 Å². The van der Waals surface area contributed by atoms with Gasteiger partial charge in [0.1, 0.15) is 17.8 Å². The minimum atomic E-state index is -0.167. The van der Waals surface area contributed by atoms with Crippen LogP contribution in [-0.4, -0.2) is 27.4 Å². The smallest absolute Gasteiger partial charge is 0.277 e. The maximum absolute atomic E-state index is 13.1. The number of carbonyl (C=O) groups is 1. The van der Waals surface area contributed by atoms with Gasteiger partial charge >= 0.3 is 0 Å². The Morgan fingerprint density at radius 1 is 1.00 bits per heavy atom. The highest BCUT2D eigenvalue weighted by molar-refractivity contribution is 6.05. The number of amides is 1. The Morgan fingerprint density at radius 2 is 1.83 bits per heavy atom. The lowest BCUT2D eigenvalue weighted by Gasteiger charge is -2.21. The third-order valence-electron chi connectivity index (χ3n) is 4.66. The Kier molecular flexibility index (Phi) is 5.16. The van der Waals surface area contributed by atoms with E-state index < -0.39 is 0 Å². The molecule has 0 radical (unpaired) electrons. The first-order valence-electron chi connectivity index (χ1n) is 9.47. The molecule has 0 aliphatic rings. The molecule has 144 valence electrons. The summed E-state index contributed by atoms with van der Waals surface area (Å²) in [5, 5.41) is 4.29. The van der Waals surface area contributed by atoms with Crippen LogP contribution in [0.15, 0.2) is 73.2 Å². The highest BCUT2D eigenvalue weighted by atomic mass is 16.2. The predicted octanol–water partition coefficient (Wildman–Crippen LogP) is 4.74. The molecular weight excluding hydrogens is 362 g/mol. The Hall–Kier alpha value is -3.80. The van der Waals surface area contributed by atoms with Gasteiger partial charge in [-0.1, -0.05) is 30.3 Å². The van der Waals surface area contributed by atoms with Gasteiger partial charge in [-0.2, -0.15) is 0 Å². The normalized spacial score (nSPS) is 10.7. The van der Waals surface area contributed by atoms with Gasteiger partial charge < -0.3 is 10.2 Å². The topological polar surface area (TPSA) is 71.0 Å². The Bertz CT molecular complexity index is 1170. The zero-order valence-electron chi connectivity index (χ0n) is 16.3.